The van der Waals surface area contributed by atoms with Gasteiger partial charge >= 0.3 is 0 Å². The van der Waals surface area contributed by atoms with Crippen molar-refractivity contribution in [3.8, 4) is 0 Å². The first-order valence-corrected chi connectivity index (χ1v) is 8.67. The number of nitrogen functional groups attached to an aromatic ring is 1. The van der Waals surface area contributed by atoms with Gasteiger partial charge in [-0.3, -0.25) is 9.69 Å². The lowest BCUT2D eigenvalue weighted by Gasteiger charge is -2.32. The van der Waals surface area contributed by atoms with Crippen molar-refractivity contribution in [2.24, 2.45) is 0 Å². The van der Waals surface area contributed by atoms with Crippen LogP contribution >= 0.6 is 22.7 Å². The number of nitrogens with two attached hydrogens (primary N) is 1. The predicted octanol–water partition coefficient (Wildman–Crippen LogP) is 2.18. The molecule has 0 aromatic carbocycles. The van der Waals surface area contributed by atoms with Crippen LogP contribution in [-0.2, 0) is 6.54 Å². The molecule has 1 aliphatic rings. The molecule has 0 radical (unpaired) electrons. The fourth-order valence-electron chi connectivity index (χ4n) is 2.59. The number of aromatic nitrogens is 1. The Morgan fingerprint density at radius 3 is 3.19 bits per heavy atom. The van der Waals surface area contributed by atoms with Gasteiger partial charge in [-0.15, -0.1) is 11.3 Å². The summed E-state index contributed by atoms with van der Waals surface area (Å²) in [5, 5.41) is 5.63. The number of likely N-dealkylation sites (tertiary alicyclic amines) is 1. The second-order valence-corrected chi connectivity index (χ2v) is 7.28. The van der Waals surface area contributed by atoms with Gasteiger partial charge in [-0.05, 0) is 30.8 Å². The van der Waals surface area contributed by atoms with Crippen LogP contribution in [0.25, 0.3) is 0 Å². The number of anilines is 1. The Kier molecular flexibility index (Phi) is 4.52. The molecule has 3 rings (SSSR count). The highest BCUT2D eigenvalue weighted by Gasteiger charge is 2.22. The molecule has 2 aromatic heterocycles. The Hall–Kier alpha value is -1.44. The number of nitrogens with one attached hydrogen (secondary N) is 1. The van der Waals surface area contributed by atoms with Crippen molar-refractivity contribution in [1.82, 2.24) is 15.2 Å². The fourth-order valence-corrected chi connectivity index (χ4v) is 3.92. The lowest BCUT2D eigenvalue weighted by molar-refractivity contribution is 0.0905. The maximum Gasteiger partial charge on any atom is 0.263 e. The summed E-state index contributed by atoms with van der Waals surface area (Å²) >= 11 is 3.01. The van der Waals surface area contributed by atoms with Gasteiger partial charge in [0, 0.05) is 24.0 Å². The Labute approximate surface area is 131 Å². The standard InChI is InChI=1S/C14H18N4OS2/c15-14-16-7-12(21-14)13(19)17-10-3-1-5-18(8-10)9-11-4-2-6-20-11/h2,4,6-7,10H,1,3,5,8-9H2,(H2,15,16)(H,17,19)/t10-/m0/s1. The number of carbonyl (C=O) groups excluding carboxylic acids is 1. The van der Waals surface area contributed by atoms with E-state index in [0.717, 1.165) is 32.5 Å². The molecule has 5 nitrogen and oxygen atoms in total. The van der Waals surface area contributed by atoms with Crippen LogP contribution in [0.1, 0.15) is 27.4 Å². The number of amides is 1. The number of hydrogen-bond acceptors (Lipinski definition) is 6. The first kappa shape index (κ1) is 14.5. The highest BCUT2D eigenvalue weighted by molar-refractivity contribution is 7.17. The molecular formula is C14H18N4OS2. The smallest absolute Gasteiger partial charge is 0.263 e. The van der Waals surface area contributed by atoms with Gasteiger partial charge < -0.3 is 11.1 Å². The fraction of sp³-hybridized carbons (Fsp3) is 0.429. The Morgan fingerprint density at radius 2 is 2.48 bits per heavy atom. The van der Waals surface area contributed by atoms with Crippen molar-refractivity contribution in [2.45, 2.75) is 25.4 Å². The Balaban J connectivity index is 1.55. The van der Waals surface area contributed by atoms with Crippen molar-refractivity contribution in [3.63, 3.8) is 0 Å². The van der Waals surface area contributed by atoms with E-state index >= 15 is 0 Å². The summed E-state index contributed by atoms with van der Waals surface area (Å²) in [6.07, 6.45) is 3.68. The van der Waals surface area contributed by atoms with E-state index in [9.17, 15) is 4.79 Å². The average Bonchev–Trinajstić information content (AvgIpc) is 3.11. The van der Waals surface area contributed by atoms with Crippen molar-refractivity contribution in [2.75, 3.05) is 18.8 Å². The Morgan fingerprint density at radius 1 is 1.57 bits per heavy atom. The molecule has 21 heavy (non-hydrogen) atoms. The summed E-state index contributed by atoms with van der Waals surface area (Å²) in [5.74, 6) is -0.0628. The molecule has 112 valence electrons. The van der Waals surface area contributed by atoms with Gasteiger partial charge in [0.05, 0.1) is 6.20 Å². The van der Waals surface area contributed by atoms with E-state index in [1.165, 1.54) is 16.2 Å². The number of piperidine rings is 1. The molecule has 2 aromatic rings. The topological polar surface area (TPSA) is 71.2 Å². The molecule has 1 amide bonds. The minimum atomic E-state index is -0.0628. The van der Waals surface area contributed by atoms with E-state index < -0.39 is 0 Å². The van der Waals surface area contributed by atoms with Crippen LogP contribution in [0.5, 0.6) is 0 Å². The van der Waals surface area contributed by atoms with E-state index in [-0.39, 0.29) is 11.9 Å². The summed E-state index contributed by atoms with van der Waals surface area (Å²) in [7, 11) is 0. The molecule has 0 saturated carbocycles. The molecule has 1 fully saturated rings. The second-order valence-electron chi connectivity index (χ2n) is 5.19. The third-order valence-corrected chi connectivity index (χ3v) is 5.23. The van der Waals surface area contributed by atoms with Crippen molar-refractivity contribution < 1.29 is 4.79 Å². The van der Waals surface area contributed by atoms with Crippen LogP contribution in [-0.4, -0.2) is 34.9 Å². The molecule has 0 aliphatic carbocycles. The maximum atomic E-state index is 12.1. The highest BCUT2D eigenvalue weighted by atomic mass is 32.1. The van der Waals surface area contributed by atoms with Gasteiger partial charge in [-0.25, -0.2) is 4.98 Å². The van der Waals surface area contributed by atoms with Gasteiger partial charge in [0.25, 0.3) is 5.91 Å². The summed E-state index contributed by atoms with van der Waals surface area (Å²) in [4.78, 5) is 20.4. The summed E-state index contributed by atoms with van der Waals surface area (Å²) in [6.45, 7) is 2.97. The normalized spacial score (nSPS) is 19.5. The Bertz CT molecular complexity index is 596. The quantitative estimate of drug-likeness (QED) is 0.905. The SMILES string of the molecule is Nc1ncc(C(=O)N[C@H]2CCCN(Cc3cccs3)C2)s1. The van der Waals surface area contributed by atoms with Crippen LogP contribution in [0.2, 0.25) is 0 Å². The van der Waals surface area contributed by atoms with Crippen LogP contribution < -0.4 is 11.1 Å². The molecule has 0 spiro atoms. The zero-order valence-corrected chi connectivity index (χ0v) is 13.3. The average molecular weight is 322 g/mol. The largest absolute Gasteiger partial charge is 0.375 e. The number of rotatable bonds is 4. The molecule has 0 unspecified atom stereocenters. The van der Waals surface area contributed by atoms with Gasteiger partial charge in [0.1, 0.15) is 4.88 Å². The molecule has 1 aliphatic heterocycles. The van der Waals surface area contributed by atoms with Crippen molar-refractivity contribution >= 4 is 33.7 Å². The number of nitrogens with zero attached hydrogens (tertiary/aromatic N) is 2. The number of thiazole rings is 1. The molecule has 3 N–H and O–H groups in total. The lowest BCUT2D eigenvalue weighted by atomic mass is 10.1. The van der Waals surface area contributed by atoms with Crippen LogP contribution in [0.3, 0.4) is 0 Å². The van der Waals surface area contributed by atoms with E-state index in [2.05, 4.69) is 32.7 Å². The van der Waals surface area contributed by atoms with Gasteiger partial charge in [0.15, 0.2) is 5.13 Å². The minimum Gasteiger partial charge on any atom is -0.375 e. The molecule has 3 heterocycles. The summed E-state index contributed by atoms with van der Waals surface area (Å²) in [6, 6.07) is 4.44. The van der Waals surface area contributed by atoms with E-state index in [1.54, 1.807) is 17.5 Å². The summed E-state index contributed by atoms with van der Waals surface area (Å²) in [5.41, 5.74) is 5.57. The summed E-state index contributed by atoms with van der Waals surface area (Å²) < 4.78 is 0. The number of thiophene rings is 1. The monoisotopic (exact) mass is 322 g/mol. The second kappa shape index (κ2) is 6.55. The van der Waals surface area contributed by atoms with E-state index in [1.807, 2.05) is 0 Å². The van der Waals surface area contributed by atoms with Gasteiger partial charge in [-0.1, -0.05) is 17.4 Å². The number of hydrogen-bond donors (Lipinski definition) is 2. The zero-order valence-electron chi connectivity index (χ0n) is 11.6. The molecular weight excluding hydrogens is 304 g/mol. The third kappa shape index (κ3) is 3.81. The molecule has 7 heteroatoms. The molecule has 0 bridgehead atoms. The van der Waals surface area contributed by atoms with Crippen molar-refractivity contribution in [3.05, 3.63) is 33.5 Å². The van der Waals surface area contributed by atoms with Crippen molar-refractivity contribution in [1.29, 1.82) is 0 Å². The van der Waals surface area contributed by atoms with E-state index in [0.29, 0.717) is 10.0 Å². The third-order valence-electron chi connectivity index (χ3n) is 3.55. The first-order chi connectivity index (χ1) is 10.2. The molecule has 1 saturated heterocycles. The first-order valence-electron chi connectivity index (χ1n) is 6.97. The van der Waals surface area contributed by atoms with Crippen LogP contribution in [0.4, 0.5) is 5.13 Å². The van der Waals surface area contributed by atoms with Crippen LogP contribution in [0, 0.1) is 0 Å². The van der Waals surface area contributed by atoms with Crippen LogP contribution in [0.15, 0.2) is 23.7 Å². The van der Waals surface area contributed by atoms with E-state index in [4.69, 9.17) is 5.73 Å². The minimum absolute atomic E-state index is 0.0628. The number of carbonyl (C=O) groups is 1. The lowest BCUT2D eigenvalue weighted by Crippen LogP contribution is -2.47. The maximum absolute atomic E-state index is 12.1. The van der Waals surface area contributed by atoms with Gasteiger partial charge in [-0.2, -0.15) is 0 Å². The molecule has 1 atom stereocenters. The predicted molar refractivity (Wildman–Crippen MR) is 86.6 cm³/mol. The zero-order chi connectivity index (χ0) is 14.7. The van der Waals surface area contributed by atoms with Gasteiger partial charge in [0.2, 0.25) is 0 Å². The highest BCUT2D eigenvalue weighted by Crippen LogP contribution is 2.18.